The zero-order chi connectivity index (χ0) is 16.0. The van der Waals surface area contributed by atoms with Crippen LogP contribution in [0.15, 0.2) is 53.8 Å². The van der Waals surface area contributed by atoms with Gasteiger partial charge in [-0.25, -0.2) is 4.98 Å². The Bertz CT molecular complexity index is 879. The SMILES string of the molecule is C=C1NC(c2ccc3ncc(-c4ccsc4)n3c2)CC(=O)N1C. The number of hydrogen-bond acceptors (Lipinski definition) is 4. The summed E-state index contributed by atoms with van der Waals surface area (Å²) in [7, 11) is 1.74. The standard InChI is InChI=1S/C17H16N4OS/c1-11-19-14(7-17(22)20(11)2)12-3-4-16-18-8-15(21(16)9-12)13-5-6-23-10-13/h3-6,8-10,14,19H,1,7H2,2H3. The first kappa shape index (κ1) is 14.0. The van der Waals surface area contributed by atoms with E-state index < -0.39 is 0 Å². The maximum absolute atomic E-state index is 12.1. The zero-order valence-electron chi connectivity index (χ0n) is 12.7. The van der Waals surface area contributed by atoms with Crippen molar-refractivity contribution < 1.29 is 4.79 Å². The molecule has 4 rings (SSSR count). The van der Waals surface area contributed by atoms with E-state index in [9.17, 15) is 4.79 Å². The van der Waals surface area contributed by atoms with Crippen molar-refractivity contribution in [2.24, 2.45) is 0 Å². The fourth-order valence-corrected chi connectivity index (χ4v) is 3.49. The van der Waals surface area contributed by atoms with E-state index in [0.29, 0.717) is 12.2 Å². The number of imidazole rings is 1. The van der Waals surface area contributed by atoms with Crippen LogP contribution in [0.1, 0.15) is 18.0 Å². The Hall–Kier alpha value is -2.60. The minimum Gasteiger partial charge on any atom is -0.365 e. The number of rotatable bonds is 2. The number of aromatic nitrogens is 2. The lowest BCUT2D eigenvalue weighted by Crippen LogP contribution is -2.42. The number of nitrogens with zero attached hydrogens (tertiary/aromatic N) is 3. The maximum atomic E-state index is 12.1. The zero-order valence-corrected chi connectivity index (χ0v) is 13.5. The molecule has 3 aromatic rings. The van der Waals surface area contributed by atoms with Crippen LogP contribution in [-0.2, 0) is 4.79 Å². The quantitative estimate of drug-likeness (QED) is 0.788. The van der Waals surface area contributed by atoms with Crippen LogP contribution in [0, 0.1) is 0 Å². The van der Waals surface area contributed by atoms with Crippen molar-refractivity contribution in [1.82, 2.24) is 19.6 Å². The van der Waals surface area contributed by atoms with Crippen molar-refractivity contribution in [2.45, 2.75) is 12.5 Å². The van der Waals surface area contributed by atoms with Crippen molar-refractivity contribution in [2.75, 3.05) is 7.05 Å². The second-order valence-corrected chi connectivity index (χ2v) is 6.43. The summed E-state index contributed by atoms with van der Waals surface area (Å²) in [4.78, 5) is 18.1. The molecule has 1 unspecified atom stereocenters. The predicted molar refractivity (Wildman–Crippen MR) is 90.9 cm³/mol. The van der Waals surface area contributed by atoms with Gasteiger partial charge in [0, 0.05) is 24.2 Å². The molecule has 0 bridgehead atoms. The highest BCUT2D eigenvalue weighted by molar-refractivity contribution is 7.08. The summed E-state index contributed by atoms with van der Waals surface area (Å²) < 4.78 is 2.07. The average Bonchev–Trinajstić information content (AvgIpc) is 3.20. The van der Waals surface area contributed by atoms with Crippen LogP contribution in [0.4, 0.5) is 0 Å². The van der Waals surface area contributed by atoms with Crippen LogP contribution in [-0.4, -0.2) is 27.2 Å². The normalized spacial score (nSPS) is 18.5. The third kappa shape index (κ3) is 2.31. The smallest absolute Gasteiger partial charge is 0.230 e. The lowest BCUT2D eigenvalue weighted by Gasteiger charge is -2.32. The summed E-state index contributed by atoms with van der Waals surface area (Å²) in [6, 6.07) is 6.02. The van der Waals surface area contributed by atoms with E-state index in [1.54, 1.807) is 23.3 Å². The van der Waals surface area contributed by atoms with Gasteiger partial charge in [-0.2, -0.15) is 11.3 Å². The molecule has 0 saturated carbocycles. The summed E-state index contributed by atoms with van der Waals surface area (Å²) in [6.07, 6.45) is 4.36. The lowest BCUT2D eigenvalue weighted by atomic mass is 10.0. The van der Waals surface area contributed by atoms with Crippen molar-refractivity contribution in [3.8, 4) is 11.3 Å². The fourth-order valence-electron chi connectivity index (χ4n) is 2.84. The molecule has 1 N–H and O–H groups in total. The van der Waals surface area contributed by atoms with E-state index in [1.165, 1.54) is 0 Å². The van der Waals surface area contributed by atoms with Gasteiger partial charge >= 0.3 is 0 Å². The van der Waals surface area contributed by atoms with Crippen molar-refractivity contribution in [3.63, 3.8) is 0 Å². The molecule has 1 saturated heterocycles. The first-order chi connectivity index (χ1) is 11.1. The Labute approximate surface area is 137 Å². The first-order valence-electron chi connectivity index (χ1n) is 7.35. The van der Waals surface area contributed by atoms with E-state index in [1.807, 2.05) is 18.3 Å². The van der Waals surface area contributed by atoms with Gasteiger partial charge in [0.05, 0.1) is 24.4 Å². The Kier molecular flexibility index (Phi) is 3.20. The predicted octanol–water partition coefficient (Wildman–Crippen LogP) is 3.03. The molecule has 1 amide bonds. The molecule has 5 nitrogen and oxygen atoms in total. The molecular formula is C17H16N4OS. The van der Waals surface area contributed by atoms with Gasteiger partial charge in [0.1, 0.15) is 11.5 Å². The largest absolute Gasteiger partial charge is 0.365 e. The second kappa shape index (κ2) is 5.24. The number of thiophene rings is 1. The van der Waals surface area contributed by atoms with E-state index >= 15 is 0 Å². The van der Waals surface area contributed by atoms with Crippen molar-refractivity contribution in [3.05, 3.63) is 59.3 Å². The van der Waals surface area contributed by atoms with Crippen molar-refractivity contribution in [1.29, 1.82) is 0 Å². The number of carbonyl (C=O) groups is 1. The van der Waals surface area contributed by atoms with Crippen LogP contribution in [0.2, 0.25) is 0 Å². The Balaban J connectivity index is 1.75. The molecule has 0 radical (unpaired) electrons. The van der Waals surface area contributed by atoms with Gasteiger partial charge in [-0.3, -0.25) is 9.20 Å². The molecule has 0 spiro atoms. The highest BCUT2D eigenvalue weighted by Crippen LogP contribution is 2.27. The Morgan fingerprint density at radius 1 is 1.39 bits per heavy atom. The average molecular weight is 324 g/mol. The Morgan fingerprint density at radius 3 is 3.00 bits per heavy atom. The van der Waals surface area contributed by atoms with Gasteiger partial charge < -0.3 is 10.2 Å². The fraction of sp³-hybridized carbons (Fsp3) is 0.176. The number of hydrogen-bond donors (Lipinski definition) is 1. The Morgan fingerprint density at radius 2 is 2.26 bits per heavy atom. The third-order valence-corrected chi connectivity index (χ3v) is 4.93. The molecule has 4 heterocycles. The minimum atomic E-state index is -0.0617. The summed E-state index contributed by atoms with van der Waals surface area (Å²) >= 11 is 1.66. The van der Waals surface area contributed by atoms with Gasteiger partial charge in [-0.05, 0) is 23.1 Å². The van der Waals surface area contributed by atoms with Gasteiger partial charge in [-0.1, -0.05) is 12.6 Å². The number of nitrogens with one attached hydrogen (secondary N) is 1. The molecule has 0 aromatic carbocycles. The summed E-state index contributed by atoms with van der Waals surface area (Å²) in [5, 5.41) is 7.46. The number of amides is 1. The van der Waals surface area contributed by atoms with E-state index in [0.717, 1.165) is 22.5 Å². The van der Waals surface area contributed by atoms with Crippen LogP contribution in [0.25, 0.3) is 16.9 Å². The molecule has 1 aliphatic rings. The molecule has 1 atom stereocenters. The highest BCUT2D eigenvalue weighted by Gasteiger charge is 2.26. The van der Waals surface area contributed by atoms with Crippen LogP contribution >= 0.6 is 11.3 Å². The summed E-state index contributed by atoms with van der Waals surface area (Å²) in [6.45, 7) is 3.91. The topological polar surface area (TPSA) is 49.6 Å². The molecule has 23 heavy (non-hydrogen) atoms. The second-order valence-electron chi connectivity index (χ2n) is 5.65. The van der Waals surface area contributed by atoms with E-state index in [4.69, 9.17) is 0 Å². The number of fused-ring (bicyclic) bond motifs is 1. The molecule has 6 heteroatoms. The molecule has 3 aromatic heterocycles. The van der Waals surface area contributed by atoms with Gasteiger partial charge in [0.2, 0.25) is 5.91 Å². The van der Waals surface area contributed by atoms with Crippen molar-refractivity contribution >= 4 is 22.9 Å². The monoisotopic (exact) mass is 324 g/mol. The third-order valence-electron chi connectivity index (χ3n) is 4.25. The molecular weight excluding hydrogens is 308 g/mol. The van der Waals surface area contributed by atoms with Gasteiger partial charge in [0.15, 0.2) is 0 Å². The van der Waals surface area contributed by atoms with E-state index in [-0.39, 0.29) is 11.9 Å². The van der Waals surface area contributed by atoms with Crippen LogP contribution in [0.3, 0.4) is 0 Å². The van der Waals surface area contributed by atoms with E-state index in [2.05, 4.69) is 44.3 Å². The van der Waals surface area contributed by atoms with Gasteiger partial charge in [0.25, 0.3) is 0 Å². The minimum absolute atomic E-state index is 0.0617. The molecule has 0 aliphatic carbocycles. The molecule has 116 valence electrons. The maximum Gasteiger partial charge on any atom is 0.230 e. The highest BCUT2D eigenvalue weighted by atomic mass is 32.1. The van der Waals surface area contributed by atoms with Gasteiger partial charge in [-0.15, -0.1) is 0 Å². The van der Waals surface area contributed by atoms with Crippen LogP contribution < -0.4 is 5.32 Å². The van der Waals surface area contributed by atoms with Crippen LogP contribution in [0.5, 0.6) is 0 Å². The summed E-state index contributed by atoms with van der Waals surface area (Å²) in [5.74, 6) is 0.706. The molecule has 1 aliphatic heterocycles. The molecule has 1 fully saturated rings. The number of carbonyl (C=O) groups excluding carboxylic acids is 1. The lowest BCUT2D eigenvalue weighted by molar-refractivity contribution is -0.130. The summed E-state index contributed by atoms with van der Waals surface area (Å²) in [5.41, 5.74) is 4.15. The number of pyridine rings is 1. The first-order valence-corrected chi connectivity index (χ1v) is 8.29.